The molecular formula is C24H26N2O3. The summed E-state index contributed by atoms with van der Waals surface area (Å²) in [5.41, 5.74) is 2.61. The third-order valence-corrected chi connectivity index (χ3v) is 5.09. The smallest absolute Gasteiger partial charge is 0.251 e. The molecule has 29 heavy (non-hydrogen) atoms. The number of amides is 1. The van der Waals surface area contributed by atoms with E-state index in [2.05, 4.69) is 19.2 Å². The molecule has 1 atom stereocenters. The van der Waals surface area contributed by atoms with Gasteiger partial charge < -0.3 is 19.4 Å². The van der Waals surface area contributed by atoms with Gasteiger partial charge in [-0.25, -0.2) is 0 Å². The number of nitrogens with one attached hydrogen (secondary N) is 1. The molecule has 0 fully saturated rings. The molecule has 0 spiro atoms. The summed E-state index contributed by atoms with van der Waals surface area (Å²) >= 11 is 0. The summed E-state index contributed by atoms with van der Waals surface area (Å²) in [5.74, 6) is 1.63. The zero-order valence-corrected chi connectivity index (χ0v) is 16.8. The van der Waals surface area contributed by atoms with Gasteiger partial charge in [0.2, 0.25) is 0 Å². The molecule has 0 saturated heterocycles. The number of fused-ring (bicyclic) bond motifs is 1. The molecule has 0 aliphatic carbocycles. The normalized spacial score (nSPS) is 14.3. The Morgan fingerprint density at radius 1 is 0.966 bits per heavy atom. The van der Waals surface area contributed by atoms with Gasteiger partial charge >= 0.3 is 0 Å². The Bertz CT molecular complexity index is 980. The van der Waals surface area contributed by atoms with Crippen molar-refractivity contribution in [2.75, 3.05) is 13.2 Å². The summed E-state index contributed by atoms with van der Waals surface area (Å²) in [6.45, 7) is 5.50. The number of carbonyl (C=O) groups is 1. The molecule has 150 valence electrons. The van der Waals surface area contributed by atoms with E-state index in [1.165, 1.54) is 0 Å². The molecule has 0 unspecified atom stereocenters. The van der Waals surface area contributed by atoms with Crippen LogP contribution in [-0.2, 0) is 0 Å². The highest BCUT2D eigenvalue weighted by Crippen LogP contribution is 2.34. The maximum atomic E-state index is 13.0. The topological polar surface area (TPSA) is 52.5 Å². The molecule has 0 saturated carbocycles. The number of hydrogen-bond donors (Lipinski definition) is 1. The number of rotatable bonds is 5. The summed E-state index contributed by atoms with van der Waals surface area (Å²) in [6.07, 6.45) is 4.80. The van der Waals surface area contributed by atoms with Crippen LogP contribution in [0.5, 0.6) is 11.5 Å². The number of ether oxygens (including phenoxy) is 2. The Morgan fingerprint density at radius 2 is 1.72 bits per heavy atom. The van der Waals surface area contributed by atoms with Crippen molar-refractivity contribution < 1.29 is 14.3 Å². The van der Waals surface area contributed by atoms with Gasteiger partial charge in [-0.05, 0) is 53.9 Å². The van der Waals surface area contributed by atoms with E-state index in [1.54, 1.807) is 0 Å². The Balaban J connectivity index is 1.57. The Labute approximate surface area is 171 Å². The molecule has 2 aromatic carbocycles. The molecule has 1 aromatic heterocycles. The predicted octanol–water partition coefficient (Wildman–Crippen LogP) is 4.77. The summed E-state index contributed by atoms with van der Waals surface area (Å²) in [6, 6.07) is 17.4. The number of carbonyl (C=O) groups excluding carboxylic acids is 1. The van der Waals surface area contributed by atoms with Gasteiger partial charge in [0.1, 0.15) is 0 Å². The van der Waals surface area contributed by atoms with E-state index in [0.29, 0.717) is 18.8 Å². The Kier molecular flexibility index (Phi) is 5.56. The minimum absolute atomic E-state index is 0.0928. The van der Waals surface area contributed by atoms with Crippen molar-refractivity contribution in [3.05, 3.63) is 78.1 Å². The molecule has 1 amide bonds. The molecule has 1 N–H and O–H groups in total. The fraction of sp³-hybridized carbons (Fsp3) is 0.292. The largest absolute Gasteiger partial charge is 0.490 e. The van der Waals surface area contributed by atoms with Crippen molar-refractivity contribution in [2.45, 2.75) is 26.3 Å². The highest BCUT2D eigenvalue weighted by molar-refractivity contribution is 5.95. The monoisotopic (exact) mass is 390 g/mol. The Morgan fingerprint density at radius 3 is 2.48 bits per heavy atom. The molecule has 0 bridgehead atoms. The van der Waals surface area contributed by atoms with E-state index >= 15 is 0 Å². The Hall–Kier alpha value is -3.21. The molecule has 1 aliphatic rings. The maximum Gasteiger partial charge on any atom is 0.251 e. The van der Waals surface area contributed by atoms with E-state index in [4.69, 9.17) is 9.47 Å². The zero-order chi connectivity index (χ0) is 20.2. The van der Waals surface area contributed by atoms with Crippen LogP contribution in [0.4, 0.5) is 0 Å². The highest BCUT2D eigenvalue weighted by Gasteiger charge is 2.22. The second kappa shape index (κ2) is 8.43. The summed E-state index contributed by atoms with van der Waals surface area (Å²) in [4.78, 5) is 13.0. The number of benzene rings is 2. The van der Waals surface area contributed by atoms with Crippen LogP contribution in [0.2, 0.25) is 0 Å². The first kappa shape index (κ1) is 19.1. The minimum atomic E-state index is -0.130. The first-order valence-corrected chi connectivity index (χ1v) is 10.1. The third kappa shape index (κ3) is 4.29. The van der Waals surface area contributed by atoms with Crippen LogP contribution >= 0.6 is 0 Å². The van der Waals surface area contributed by atoms with Gasteiger partial charge in [0.25, 0.3) is 5.91 Å². The molecule has 4 rings (SSSR count). The van der Waals surface area contributed by atoms with Crippen molar-refractivity contribution in [2.24, 2.45) is 5.92 Å². The van der Waals surface area contributed by atoms with Crippen molar-refractivity contribution in [1.82, 2.24) is 9.88 Å². The molecule has 3 aromatic rings. The SMILES string of the molecule is CC(C)[C@@H](NC(=O)c1cccc(-n2cccc2)c1)c1ccc2c(c1)OCCCO2. The lowest BCUT2D eigenvalue weighted by Gasteiger charge is -2.24. The second-order valence-corrected chi connectivity index (χ2v) is 7.59. The average molecular weight is 390 g/mol. The molecule has 1 aliphatic heterocycles. The molecule has 0 radical (unpaired) electrons. The van der Waals surface area contributed by atoms with Gasteiger partial charge in [0.15, 0.2) is 11.5 Å². The lowest BCUT2D eigenvalue weighted by Crippen LogP contribution is -2.31. The summed E-state index contributed by atoms with van der Waals surface area (Å²) < 4.78 is 13.5. The van der Waals surface area contributed by atoms with Crippen LogP contribution in [-0.4, -0.2) is 23.7 Å². The first-order valence-electron chi connectivity index (χ1n) is 10.1. The lowest BCUT2D eigenvalue weighted by molar-refractivity contribution is 0.0925. The third-order valence-electron chi connectivity index (χ3n) is 5.09. The van der Waals surface area contributed by atoms with Crippen LogP contribution in [0, 0.1) is 5.92 Å². The van der Waals surface area contributed by atoms with Gasteiger partial charge in [-0.3, -0.25) is 4.79 Å². The summed E-state index contributed by atoms with van der Waals surface area (Å²) in [7, 11) is 0. The highest BCUT2D eigenvalue weighted by atomic mass is 16.5. The van der Waals surface area contributed by atoms with Gasteiger partial charge in [-0.15, -0.1) is 0 Å². The quantitative estimate of drug-likeness (QED) is 0.683. The molecule has 2 heterocycles. The molecule has 5 nitrogen and oxygen atoms in total. The second-order valence-electron chi connectivity index (χ2n) is 7.59. The van der Waals surface area contributed by atoms with Crippen molar-refractivity contribution >= 4 is 5.91 Å². The molecular weight excluding hydrogens is 364 g/mol. The van der Waals surface area contributed by atoms with Crippen LogP contribution in [0.1, 0.15) is 42.2 Å². The lowest BCUT2D eigenvalue weighted by atomic mass is 9.95. The van der Waals surface area contributed by atoms with Gasteiger partial charge in [-0.2, -0.15) is 0 Å². The predicted molar refractivity (Wildman–Crippen MR) is 113 cm³/mol. The fourth-order valence-corrected chi connectivity index (χ4v) is 3.55. The average Bonchev–Trinajstić information content (AvgIpc) is 3.17. The van der Waals surface area contributed by atoms with Crippen molar-refractivity contribution in [1.29, 1.82) is 0 Å². The van der Waals surface area contributed by atoms with Crippen LogP contribution < -0.4 is 14.8 Å². The number of hydrogen-bond acceptors (Lipinski definition) is 3. The van der Waals surface area contributed by atoms with E-state index in [-0.39, 0.29) is 17.9 Å². The van der Waals surface area contributed by atoms with Crippen molar-refractivity contribution in [3.8, 4) is 17.2 Å². The van der Waals surface area contributed by atoms with E-state index in [9.17, 15) is 4.79 Å². The number of aromatic nitrogens is 1. The van der Waals surface area contributed by atoms with E-state index < -0.39 is 0 Å². The molecule has 5 heteroatoms. The van der Waals surface area contributed by atoms with Gasteiger partial charge in [0, 0.05) is 30.1 Å². The maximum absolute atomic E-state index is 13.0. The van der Waals surface area contributed by atoms with E-state index in [0.717, 1.165) is 29.2 Å². The van der Waals surface area contributed by atoms with E-state index in [1.807, 2.05) is 71.6 Å². The first-order chi connectivity index (χ1) is 14.1. The summed E-state index contributed by atoms with van der Waals surface area (Å²) in [5, 5.41) is 3.20. The van der Waals surface area contributed by atoms with Crippen LogP contribution in [0.3, 0.4) is 0 Å². The van der Waals surface area contributed by atoms with Crippen LogP contribution in [0.25, 0.3) is 5.69 Å². The fourth-order valence-electron chi connectivity index (χ4n) is 3.55. The minimum Gasteiger partial charge on any atom is -0.490 e. The van der Waals surface area contributed by atoms with Crippen molar-refractivity contribution in [3.63, 3.8) is 0 Å². The number of nitrogens with zero attached hydrogens (tertiary/aromatic N) is 1. The van der Waals surface area contributed by atoms with Gasteiger partial charge in [-0.1, -0.05) is 26.0 Å². The van der Waals surface area contributed by atoms with Crippen LogP contribution in [0.15, 0.2) is 67.0 Å². The van der Waals surface area contributed by atoms with Gasteiger partial charge in [0.05, 0.1) is 19.3 Å². The zero-order valence-electron chi connectivity index (χ0n) is 16.8. The standard InChI is InChI=1S/C24H26N2O3/c1-17(2)23(18-9-10-21-22(16-18)29-14-6-13-28-21)25-24(27)19-7-5-8-20(15-19)26-11-3-4-12-26/h3-5,7-12,15-17,23H,6,13-14H2,1-2H3,(H,25,27)/t23-/m1/s1.